The van der Waals surface area contributed by atoms with Crippen LogP contribution in [0.4, 0.5) is 11.4 Å². The number of hydrogen-bond acceptors (Lipinski definition) is 3. The van der Waals surface area contributed by atoms with E-state index in [2.05, 4.69) is 10.6 Å². The van der Waals surface area contributed by atoms with Crippen molar-refractivity contribution in [3.8, 4) is 0 Å². The highest BCUT2D eigenvalue weighted by atomic mass is 16.2. The number of aryl methyl sites for hydroxylation is 1. The van der Waals surface area contributed by atoms with Crippen LogP contribution in [0.5, 0.6) is 0 Å². The Bertz CT molecular complexity index is 435. The molecule has 18 heavy (non-hydrogen) atoms. The Hall–Kier alpha value is -1.71. The smallest absolute Gasteiger partial charge is 0.242 e. The second-order valence-electron chi connectivity index (χ2n) is 5.68. The molecular weight excluding hydrogens is 226 g/mol. The van der Waals surface area contributed by atoms with Gasteiger partial charge in [0.05, 0.1) is 0 Å². The zero-order valence-electron chi connectivity index (χ0n) is 11.8. The maximum absolute atomic E-state index is 11.9. The summed E-state index contributed by atoms with van der Waals surface area (Å²) in [4.78, 5) is 11.9. The molecule has 0 heterocycles. The summed E-state index contributed by atoms with van der Waals surface area (Å²) in [5.74, 6) is -0.0263. The lowest BCUT2D eigenvalue weighted by atomic mass is 10.1. The molecule has 0 aromatic heterocycles. The minimum absolute atomic E-state index is 0.0263. The van der Waals surface area contributed by atoms with E-state index in [1.54, 1.807) is 0 Å². The summed E-state index contributed by atoms with van der Waals surface area (Å²) in [6, 6.07) is 5.40. The lowest BCUT2D eigenvalue weighted by molar-refractivity contribution is -0.122. The molecular formula is C14H23N3O. The summed E-state index contributed by atoms with van der Waals surface area (Å²) in [7, 11) is 0. The maximum atomic E-state index is 11.9. The molecule has 100 valence electrons. The first-order valence-corrected chi connectivity index (χ1v) is 6.14. The van der Waals surface area contributed by atoms with E-state index in [4.69, 9.17) is 5.73 Å². The molecule has 4 heteroatoms. The van der Waals surface area contributed by atoms with Gasteiger partial charge in [-0.1, -0.05) is 6.07 Å². The fourth-order valence-electron chi connectivity index (χ4n) is 1.52. The van der Waals surface area contributed by atoms with Crippen molar-refractivity contribution < 1.29 is 4.79 Å². The van der Waals surface area contributed by atoms with Crippen LogP contribution in [0.25, 0.3) is 0 Å². The van der Waals surface area contributed by atoms with Gasteiger partial charge in [-0.2, -0.15) is 0 Å². The van der Waals surface area contributed by atoms with E-state index in [0.717, 1.165) is 16.9 Å². The molecule has 1 rings (SSSR count). The van der Waals surface area contributed by atoms with Crippen molar-refractivity contribution in [2.75, 3.05) is 11.1 Å². The summed E-state index contributed by atoms with van der Waals surface area (Å²) in [6.07, 6.45) is 0. The quantitative estimate of drug-likeness (QED) is 0.720. The van der Waals surface area contributed by atoms with Gasteiger partial charge in [-0.3, -0.25) is 4.79 Å². The third-order valence-corrected chi connectivity index (χ3v) is 2.55. The predicted octanol–water partition coefficient (Wildman–Crippen LogP) is 2.29. The predicted molar refractivity (Wildman–Crippen MR) is 76.6 cm³/mol. The molecule has 0 spiro atoms. The van der Waals surface area contributed by atoms with Crippen molar-refractivity contribution in [3.05, 3.63) is 23.8 Å². The molecule has 0 aliphatic rings. The molecule has 1 unspecified atom stereocenters. The SMILES string of the molecule is Cc1ccc(NC(C)C(=O)NC(C)(C)C)cc1N. The van der Waals surface area contributed by atoms with Gasteiger partial charge in [-0.25, -0.2) is 0 Å². The van der Waals surface area contributed by atoms with Crippen molar-refractivity contribution in [2.45, 2.75) is 46.2 Å². The zero-order valence-corrected chi connectivity index (χ0v) is 11.8. The Labute approximate surface area is 109 Å². The number of rotatable bonds is 3. The summed E-state index contributed by atoms with van der Waals surface area (Å²) >= 11 is 0. The monoisotopic (exact) mass is 249 g/mol. The number of amides is 1. The van der Waals surface area contributed by atoms with Gasteiger partial charge in [-0.15, -0.1) is 0 Å². The lowest BCUT2D eigenvalue weighted by Crippen LogP contribution is -2.47. The fraction of sp³-hybridized carbons (Fsp3) is 0.500. The fourth-order valence-corrected chi connectivity index (χ4v) is 1.52. The van der Waals surface area contributed by atoms with Gasteiger partial charge in [-0.05, 0) is 52.3 Å². The molecule has 1 aromatic carbocycles. The van der Waals surface area contributed by atoms with Crippen molar-refractivity contribution >= 4 is 17.3 Å². The average molecular weight is 249 g/mol. The molecule has 1 amide bonds. The summed E-state index contributed by atoms with van der Waals surface area (Å²) < 4.78 is 0. The number of carbonyl (C=O) groups excluding carboxylic acids is 1. The van der Waals surface area contributed by atoms with Gasteiger partial charge in [0, 0.05) is 16.9 Å². The van der Waals surface area contributed by atoms with Crippen LogP contribution in [-0.2, 0) is 4.79 Å². The first-order chi connectivity index (χ1) is 8.19. The van der Waals surface area contributed by atoms with Crippen LogP contribution in [0, 0.1) is 6.92 Å². The van der Waals surface area contributed by atoms with Crippen LogP contribution < -0.4 is 16.4 Å². The van der Waals surface area contributed by atoms with Crippen molar-refractivity contribution in [3.63, 3.8) is 0 Å². The first kappa shape index (κ1) is 14.4. The molecule has 0 aliphatic carbocycles. The lowest BCUT2D eigenvalue weighted by Gasteiger charge is -2.24. The van der Waals surface area contributed by atoms with Crippen molar-refractivity contribution in [2.24, 2.45) is 0 Å². The number of benzene rings is 1. The van der Waals surface area contributed by atoms with Gasteiger partial charge in [0.2, 0.25) is 5.91 Å². The van der Waals surface area contributed by atoms with E-state index in [-0.39, 0.29) is 17.5 Å². The van der Waals surface area contributed by atoms with Crippen LogP contribution >= 0.6 is 0 Å². The van der Waals surface area contributed by atoms with E-state index in [9.17, 15) is 4.79 Å². The van der Waals surface area contributed by atoms with E-state index < -0.39 is 0 Å². The molecule has 1 atom stereocenters. The first-order valence-electron chi connectivity index (χ1n) is 6.14. The second kappa shape index (κ2) is 5.29. The highest BCUT2D eigenvalue weighted by Crippen LogP contribution is 2.17. The normalized spacial score (nSPS) is 12.9. The molecule has 0 saturated carbocycles. The number of nitrogens with one attached hydrogen (secondary N) is 2. The highest BCUT2D eigenvalue weighted by molar-refractivity contribution is 5.84. The minimum Gasteiger partial charge on any atom is -0.398 e. The highest BCUT2D eigenvalue weighted by Gasteiger charge is 2.18. The van der Waals surface area contributed by atoms with E-state index in [1.165, 1.54) is 0 Å². The Morgan fingerprint density at radius 3 is 2.44 bits per heavy atom. The number of nitrogens with two attached hydrogens (primary N) is 1. The van der Waals surface area contributed by atoms with E-state index in [0.29, 0.717) is 0 Å². The Morgan fingerprint density at radius 2 is 1.94 bits per heavy atom. The molecule has 0 fully saturated rings. The van der Waals surface area contributed by atoms with Crippen LogP contribution in [-0.4, -0.2) is 17.5 Å². The third-order valence-electron chi connectivity index (χ3n) is 2.55. The van der Waals surface area contributed by atoms with Crippen molar-refractivity contribution in [1.82, 2.24) is 5.32 Å². The van der Waals surface area contributed by atoms with Gasteiger partial charge in [0.25, 0.3) is 0 Å². The van der Waals surface area contributed by atoms with Crippen LogP contribution in [0.3, 0.4) is 0 Å². The van der Waals surface area contributed by atoms with Crippen LogP contribution in [0.15, 0.2) is 18.2 Å². The number of nitrogen functional groups attached to an aromatic ring is 1. The van der Waals surface area contributed by atoms with E-state index >= 15 is 0 Å². The van der Waals surface area contributed by atoms with Gasteiger partial charge in [0.1, 0.15) is 6.04 Å². The summed E-state index contributed by atoms with van der Waals surface area (Å²) in [5.41, 5.74) is 8.23. The summed E-state index contributed by atoms with van der Waals surface area (Å²) in [5, 5.41) is 6.07. The Balaban J connectivity index is 2.66. The Morgan fingerprint density at radius 1 is 1.33 bits per heavy atom. The molecule has 0 radical (unpaired) electrons. The zero-order chi connectivity index (χ0) is 13.9. The maximum Gasteiger partial charge on any atom is 0.242 e. The standard InChI is InChI=1S/C14H23N3O/c1-9-6-7-11(8-12(9)15)16-10(2)13(18)17-14(3,4)5/h6-8,10,16H,15H2,1-5H3,(H,17,18). The van der Waals surface area contributed by atoms with Gasteiger partial charge < -0.3 is 16.4 Å². The average Bonchev–Trinajstić information content (AvgIpc) is 2.21. The number of hydrogen-bond donors (Lipinski definition) is 3. The largest absolute Gasteiger partial charge is 0.398 e. The molecule has 1 aromatic rings. The summed E-state index contributed by atoms with van der Waals surface area (Å²) in [6.45, 7) is 9.66. The molecule has 0 saturated heterocycles. The minimum atomic E-state index is -0.300. The van der Waals surface area contributed by atoms with Crippen LogP contribution in [0.1, 0.15) is 33.3 Å². The second-order valence-corrected chi connectivity index (χ2v) is 5.68. The van der Waals surface area contributed by atoms with Gasteiger partial charge >= 0.3 is 0 Å². The topological polar surface area (TPSA) is 67.2 Å². The van der Waals surface area contributed by atoms with Crippen LogP contribution in [0.2, 0.25) is 0 Å². The Kier molecular flexibility index (Phi) is 4.22. The number of carbonyl (C=O) groups is 1. The third kappa shape index (κ3) is 4.28. The molecule has 0 aliphatic heterocycles. The molecule has 4 N–H and O–H groups in total. The van der Waals surface area contributed by atoms with Crippen molar-refractivity contribution in [1.29, 1.82) is 0 Å². The van der Waals surface area contributed by atoms with E-state index in [1.807, 2.05) is 52.8 Å². The van der Waals surface area contributed by atoms with Gasteiger partial charge in [0.15, 0.2) is 0 Å². The molecule has 4 nitrogen and oxygen atoms in total. The molecule has 0 bridgehead atoms. The number of anilines is 2.